The fourth-order valence-corrected chi connectivity index (χ4v) is 1.92. The van der Waals surface area contributed by atoms with Crippen molar-refractivity contribution >= 4 is 5.91 Å². The molecule has 1 aromatic carbocycles. The number of carbonyl (C=O) groups excluding carboxylic acids is 1. The molecular weight excluding hydrogens is 242 g/mol. The summed E-state index contributed by atoms with van der Waals surface area (Å²) >= 11 is 0. The summed E-state index contributed by atoms with van der Waals surface area (Å²) in [6.45, 7) is 1.64. The summed E-state index contributed by atoms with van der Waals surface area (Å²) in [5, 5.41) is 19.0. The van der Waals surface area contributed by atoms with Gasteiger partial charge in [0.1, 0.15) is 0 Å². The number of H-pyrrole nitrogens is 1. The van der Waals surface area contributed by atoms with E-state index >= 15 is 0 Å². The molecule has 100 valence electrons. The summed E-state index contributed by atoms with van der Waals surface area (Å²) < 4.78 is 0. The van der Waals surface area contributed by atoms with E-state index in [0.717, 1.165) is 11.3 Å². The Labute approximate surface area is 111 Å². The highest BCUT2D eigenvalue weighted by Gasteiger charge is 2.27. The highest BCUT2D eigenvalue weighted by atomic mass is 16.3. The third-order valence-electron chi connectivity index (χ3n) is 3.05. The third-order valence-corrected chi connectivity index (χ3v) is 3.05. The van der Waals surface area contributed by atoms with Crippen LogP contribution in [0.25, 0.3) is 0 Å². The molecule has 0 aliphatic heterocycles. The molecule has 5 nitrogen and oxygen atoms in total. The van der Waals surface area contributed by atoms with Crippen molar-refractivity contribution in [2.45, 2.75) is 18.9 Å². The van der Waals surface area contributed by atoms with Crippen molar-refractivity contribution < 1.29 is 9.90 Å². The van der Waals surface area contributed by atoms with Gasteiger partial charge in [0.2, 0.25) is 5.91 Å². The van der Waals surface area contributed by atoms with Crippen LogP contribution in [0.5, 0.6) is 0 Å². The van der Waals surface area contributed by atoms with Gasteiger partial charge >= 0.3 is 0 Å². The number of rotatable bonds is 5. The van der Waals surface area contributed by atoms with Gasteiger partial charge in [0, 0.05) is 11.9 Å². The Morgan fingerprint density at radius 3 is 2.68 bits per heavy atom. The molecule has 0 aliphatic carbocycles. The minimum absolute atomic E-state index is 0.161. The third kappa shape index (κ3) is 3.20. The zero-order chi connectivity index (χ0) is 13.7. The number of nitrogens with one attached hydrogen (secondary N) is 2. The Balaban J connectivity index is 2.08. The van der Waals surface area contributed by atoms with Crippen LogP contribution in [0.2, 0.25) is 0 Å². The van der Waals surface area contributed by atoms with E-state index in [-0.39, 0.29) is 18.9 Å². The summed E-state index contributed by atoms with van der Waals surface area (Å²) in [5.74, 6) is -0.162. The number of nitrogens with zero attached hydrogens (tertiary/aromatic N) is 1. The smallest absolute Gasteiger partial charge is 0.226 e. The Kier molecular flexibility index (Phi) is 3.97. The van der Waals surface area contributed by atoms with E-state index in [0.29, 0.717) is 0 Å². The van der Waals surface area contributed by atoms with E-state index in [1.165, 1.54) is 0 Å². The fourth-order valence-electron chi connectivity index (χ4n) is 1.92. The van der Waals surface area contributed by atoms with Crippen molar-refractivity contribution in [1.82, 2.24) is 15.5 Å². The quantitative estimate of drug-likeness (QED) is 0.749. The molecule has 0 saturated carbocycles. The maximum absolute atomic E-state index is 12.0. The summed E-state index contributed by atoms with van der Waals surface area (Å²) in [4.78, 5) is 12.0. The number of benzene rings is 1. The van der Waals surface area contributed by atoms with Crippen LogP contribution in [0.1, 0.15) is 18.2 Å². The predicted molar refractivity (Wildman–Crippen MR) is 71.3 cm³/mol. The van der Waals surface area contributed by atoms with E-state index in [2.05, 4.69) is 15.5 Å². The molecular formula is C14H17N3O2. The van der Waals surface area contributed by atoms with Crippen LogP contribution >= 0.6 is 0 Å². The van der Waals surface area contributed by atoms with Crippen molar-refractivity contribution in [2.75, 3.05) is 6.61 Å². The number of amides is 1. The summed E-state index contributed by atoms with van der Waals surface area (Å²) in [5.41, 5.74) is 0.833. The maximum atomic E-state index is 12.0. The van der Waals surface area contributed by atoms with Gasteiger partial charge < -0.3 is 10.4 Å². The zero-order valence-electron chi connectivity index (χ0n) is 10.8. The molecule has 0 bridgehead atoms. The lowest BCUT2D eigenvalue weighted by Crippen LogP contribution is -2.46. The Morgan fingerprint density at radius 2 is 2.11 bits per heavy atom. The zero-order valence-corrected chi connectivity index (χ0v) is 10.8. The van der Waals surface area contributed by atoms with Gasteiger partial charge in [0.15, 0.2) is 0 Å². The van der Waals surface area contributed by atoms with Gasteiger partial charge in [-0.05, 0) is 18.6 Å². The number of aromatic amines is 1. The van der Waals surface area contributed by atoms with Crippen LogP contribution in [0.15, 0.2) is 42.6 Å². The van der Waals surface area contributed by atoms with Gasteiger partial charge in [-0.3, -0.25) is 9.89 Å². The molecule has 1 atom stereocenters. The topological polar surface area (TPSA) is 78.0 Å². The highest BCUT2D eigenvalue weighted by molar-refractivity contribution is 5.79. The lowest BCUT2D eigenvalue weighted by molar-refractivity contribution is -0.122. The molecule has 1 heterocycles. The summed E-state index contributed by atoms with van der Waals surface area (Å²) in [6, 6.07) is 11.2. The summed E-state index contributed by atoms with van der Waals surface area (Å²) in [7, 11) is 0. The second kappa shape index (κ2) is 5.67. The molecule has 2 aromatic rings. The number of hydrogen-bond acceptors (Lipinski definition) is 3. The van der Waals surface area contributed by atoms with Crippen LogP contribution in [0.4, 0.5) is 0 Å². The molecule has 1 amide bonds. The highest BCUT2D eigenvalue weighted by Crippen LogP contribution is 2.19. The van der Waals surface area contributed by atoms with Crippen molar-refractivity contribution in [2.24, 2.45) is 0 Å². The number of hydrogen-bond donors (Lipinski definition) is 3. The first-order chi connectivity index (χ1) is 9.14. The largest absolute Gasteiger partial charge is 0.394 e. The van der Waals surface area contributed by atoms with E-state index in [1.54, 1.807) is 19.2 Å². The Morgan fingerprint density at radius 1 is 1.37 bits per heavy atom. The lowest BCUT2D eigenvalue weighted by Gasteiger charge is -2.29. The van der Waals surface area contributed by atoms with Crippen LogP contribution in [0.3, 0.4) is 0 Å². The fraction of sp³-hybridized carbons (Fsp3) is 0.286. The van der Waals surface area contributed by atoms with Gasteiger partial charge in [-0.2, -0.15) is 5.10 Å². The monoisotopic (exact) mass is 259 g/mol. The van der Waals surface area contributed by atoms with Crippen LogP contribution in [-0.4, -0.2) is 27.8 Å². The summed E-state index contributed by atoms with van der Waals surface area (Å²) in [6.07, 6.45) is 1.81. The Bertz CT molecular complexity index is 525. The van der Waals surface area contributed by atoms with E-state index in [9.17, 15) is 9.90 Å². The van der Waals surface area contributed by atoms with Gasteiger partial charge in [0.25, 0.3) is 0 Å². The second-order valence-corrected chi connectivity index (χ2v) is 4.66. The second-order valence-electron chi connectivity index (χ2n) is 4.66. The molecule has 3 N–H and O–H groups in total. The number of aromatic nitrogens is 2. The van der Waals surface area contributed by atoms with Crippen LogP contribution in [-0.2, 0) is 16.8 Å². The maximum Gasteiger partial charge on any atom is 0.226 e. The van der Waals surface area contributed by atoms with E-state index in [1.807, 2.05) is 30.3 Å². The molecule has 2 rings (SSSR count). The minimum Gasteiger partial charge on any atom is -0.394 e. The normalized spacial score (nSPS) is 13.8. The van der Waals surface area contributed by atoms with Gasteiger partial charge in [-0.1, -0.05) is 30.3 Å². The first-order valence-corrected chi connectivity index (χ1v) is 6.10. The van der Waals surface area contributed by atoms with E-state index < -0.39 is 5.54 Å². The predicted octanol–water partition coefficient (Wildman–Crippen LogP) is 0.976. The van der Waals surface area contributed by atoms with Gasteiger partial charge in [-0.15, -0.1) is 0 Å². The van der Waals surface area contributed by atoms with Gasteiger partial charge in [-0.25, -0.2) is 0 Å². The Hall–Kier alpha value is -2.14. The number of aliphatic hydroxyl groups is 1. The molecule has 0 aliphatic rings. The van der Waals surface area contributed by atoms with E-state index in [4.69, 9.17) is 0 Å². The minimum atomic E-state index is -0.779. The SMILES string of the molecule is CC(CO)(NC(=O)Cc1ccn[nH]1)c1ccccc1. The van der Waals surface area contributed by atoms with Gasteiger partial charge in [0.05, 0.1) is 18.6 Å². The van der Waals surface area contributed by atoms with Crippen molar-refractivity contribution in [3.8, 4) is 0 Å². The first kappa shape index (κ1) is 13.3. The van der Waals surface area contributed by atoms with Crippen LogP contribution in [0, 0.1) is 0 Å². The van der Waals surface area contributed by atoms with Crippen molar-refractivity contribution in [3.63, 3.8) is 0 Å². The molecule has 0 fully saturated rings. The standard InChI is InChI=1S/C14H17N3O2/c1-14(10-18,11-5-3-2-4-6-11)16-13(19)9-12-7-8-15-17-12/h2-8,18H,9-10H2,1H3,(H,15,17)(H,16,19). The molecule has 1 aromatic heterocycles. The first-order valence-electron chi connectivity index (χ1n) is 6.10. The molecule has 0 saturated heterocycles. The lowest BCUT2D eigenvalue weighted by atomic mass is 9.92. The number of carbonyl (C=O) groups is 1. The molecule has 19 heavy (non-hydrogen) atoms. The van der Waals surface area contributed by atoms with Crippen molar-refractivity contribution in [1.29, 1.82) is 0 Å². The average molecular weight is 259 g/mol. The molecule has 1 unspecified atom stereocenters. The molecule has 5 heteroatoms. The average Bonchev–Trinajstić information content (AvgIpc) is 2.92. The molecule has 0 radical (unpaired) electrons. The van der Waals surface area contributed by atoms with Crippen LogP contribution < -0.4 is 5.32 Å². The van der Waals surface area contributed by atoms with Crippen molar-refractivity contribution in [3.05, 3.63) is 53.9 Å². The number of aliphatic hydroxyl groups excluding tert-OH is 1. The molecule has 0 spiro atoms.